The van der Waals surface area contributed by atoms with E-state index in [1.807, 2.05) is 18.2 Å². The summed E-state index contributed by atoms with van der Waals surface area (Å²) in [6.07, 6.45) is -0.689. The van der Waals surface area contributed by atoms with Crippen molar-refractivity contribution >= 4 is 34.8 Å². The largest absolute Gasteiger partial charge is 0.481 e. The number of amides is 2. The molecule has 28 heavy (non-hydrogen) atoms. The SMILES string of the molecule is CC(Oc1ccccc1)C(=O)Nc1cccc(C(=O)Nc2cccc(Cl)c2)c1. The van der Waals surface area contributed by atoms with Gasteiger partial charge >= 0.3 is 0 Å². The number of hydrogen-bond acceptors (Lipinski definition) is 3. The number of para-hydroxylation sites is 1. The molecule has 0 saturated heterocycles. The van der Waals surface area contributed by atoms with Crippen LogP contribution >= 0.6 is 11.6 Å². The van der Waals surface area contributed by atoms with Gasteiger partial charge in [0.25, 0.3) is 11.8 Å². The van der Waals surface area contributed by atoms with Crippen molar-refractivity contribution in [3.63, 3.8) is 0 Å². The van der Waals surface area contributed by atoms with Gasteiger partial charge in [-0.25, -0.2) is 0 Å². The number of nitrogens with one attached hydrogen (secondary N) is 2. The van der Waals surface area contributed by atoms with Crippen LogP contribution < -0.4 is 15.4 Å². The lowest BCUT2D eigenvalue weighted by Gasteiger charge is -2.15. The molecule has 142 valence electrons. The molecule has 3 rings (SSSR count). The van der Waals surface area contributed by atoms with E-state index in [2.05, 4.69) is 10.6 Å². The number of hydrogen-bond donors (Lipinski definition) is 2. The number of carbonyl (C=O) groups excluding carboxylic acids is 2. The molecule has 5 nitrogen and oxygen atoms in total. The maximum Gasteiger partial charge on any atom is 0.265 e. The molecule has 3 aromatic rings. The highest BCUT2D eigenvalue weighted by molar-refractivity contribution is 6.31. The van der Waals surface area contributed by atoms with Crippen molar-refractivity contribution in [2.24, 2.45) is 0 Å². The lowest BCUT2D eigenvalue weighted by Crippen LogP contribution is -2.30. The van der Waals surface area contributed by atoms with Crippen molar-refractivity contribution in [3.8, 4) is 5.75 Å². The number of benzene rings is 3. The van der Waals surface area contributed by atoms with Gasteiger partial charge in [-0.2, -0.15) is 0 Å². The van der Waals surface area contributed by atoms with Gasteiger partial charge in [0, 0.05) is 22.0 Å². The molecular formula is C22H19ClN2O3. The predicted octanol–water partition coefficient (Wildman–Crippen LogP) is 5.00. The van der Waals surface area contributed by atoms with Gasteiger partial charge in [-0.15, -0.1) is 0 Å². The third kappa shape index (κ3) is 5.34. The van der Waals surface area contributed by atoms with Gasteiger partial charge in [-0.3, -0.25) is 9.59 Å². The zero-order chi connectivity index (χ0) is 19.9. The molecule has 2 amide bonds. The lowest BCUT2D eigenvalue weighted by molar-refractivity contribution is -0.122. The van der Waals surface area contributed by atoms with Crippen LogP contribution in [0.25, 0.3) is 0 Å². The van der Waals surface area contributed by atoms with E-state index in [4.69, 9.17) is 16.3 Å². The minimum Gasteiger partial charge on any atom is -0.481 e. The Hall–Kier alpha value is -3.31. The van der Waals surface area contributed by atoms with Crippen molar-refractivity contribution in [3.05, 3.63) is 89.4 Å². The van der Waals surface area contributed by atoms with E-state index in [0.29, 0.717) is 27.7 Å². The van der Waals surface area contributed by atoms with Gasteiger partial charge in [0.2, 0.25) is 0 Å². The number of carbonyl (C=O) groups is 2. The molecule has 0 radical (unpaired) electrons. The molecule has 0 fully saturated rings. The van der Waals surface area contributed by atoms with Crippen LogP contribution in [-0.4, -0.2) is 17.9 Å². The first kappa shape index (κ1) is 19.5. The number of ether oxygens (including phenoxy) is 1. The Balaban J connectivity index is 1.64. The molecule has 0 heterocycles. The normalized spacial score (nSPS) is 11.4. The molecule has 0 aliphatic carbocycles. The topological polar surface area (TPSA) is 67.4 Å². The van der Waals surface area contributed by atoms with Crippen LogP contribution in [0.5, 0.6) is 5.75 Å². The number of anilines is 2. The summed E-state index contributed by atoms with van der Waals surface area (Å²) < 4.78 is 5.61. The molecule has 2 N–H and O–H groups in total. The van der Waals surface area contributed by atoms with Gasteiger partial charge < -0.3 is 15.4 Å². The van der Waals surface area contributed by atoms with Crippen LogP contribution in [0.1, 0.15) is 17.3 Å². The highest BCUT2D eigenvalue weighted by Crippen LogP contribution is 2.18. The van der Waals surface area contributed by atoms with Gasteiger partial charge in [0.1, 0.15) is 5.75 Å². The van der Waals surface area contributed by atoms with E-state index in [0.717, 1.165) is 0 Å². The molecular weight excluding hydrogens is 376 g/mol. The summed E-state index contributed by atoms with van der Waals surface area (Å²) in [6.45, 7) is 1.66. The van der Waals surface area contributed by atoms with E-state index >= 15 is 0 Å². The smallest absolute Gasteiger partial charge is 0.265 e. The second-order valence-electron chi connectivity index (χ2n) is 6.11. The van der Waals surface area contributed by atoms with Crippen molar-refractivity contribution in [1.82, 2.24) is 0 Å². The van der Waals surface area contributed by atoms with Crippen LogP contribution in [0.15, 0.2) is 78.9 Å². The van der Waals surface area contributed by atoms with Gasteiger partial charge in [-0.05, 0) is 55.5 Å². The average molecular weight is 395 g/mol. The van der Waals surface area contributed by atoms with Crippen LogP contribution in [-0.2, 0) is 4.79 Å². The summed E-state index contributed by atoms with van der Waals surface area (Å²) in [7, 11) is 0. The minimum atomic E-state index is -0.689. The molecule has 6 heteroatoms. The first-order valence-corrected chi connectivity index (χ1v) is 9.08. The van der Waals surface area contributed by atoms with Crippen LogP contribution in [0.4, 0.5) is 11.4 Å². The average Bonchev–Trinajstić information content (AvgIpc) is 2.69. The molecule has 0 bridgehead atoms. The van der Waals surface area contributed by atoms with Gasteiger partial charge in [0.15, 0.2) is 6.10 Å². The molecule has 0 aromatic heterocycles. The quantitative estimate of drug-likeness (QED) is 0.618. The Morgan fingerprint density at radius 3 is 2.25 bits per heavy atom. The molecule has 0 aliphatic rings. The third-order valence-corrected chi connectivity index (χ3v) is 4.14. The maximum absolute atomic E-state index is 12.4. The minimum absolute atomic E-state index is 0.299. The Labute approximate surface area is 168 Å². The van der Waals surface area contributed by atoms with Crippen LogP contribution in [0.3, 0.4) is 0 Å². The predicted molar refractivity (Wildman–Crippen MR) is 111 cm³/mol. The summed E-state index contributed by atoms with van der Waals surface area (Å²) in [5, 5.41) is 6.07. The van der Waals surface area contributed by atoms with E-state index in [1.165, 1.54) is 0 Å². The Bertz CT molecular complexity index is 976. The Morgan fingerprint density at radius 2 is 1.54 bits per heavy atom. The first-order chi connectivity index (χ1) is 13.5. The molecule has 0 saturated carbocycles. The summed E-state index contributed by atoms with van der Waals surface area (Å²) >= 11 is 5.93. The van der Waals surface area contributed by atoms with E-state index in [1.54, 1.807) is 67.6 Å². The fourth-order valence-corrected chi connectivity index (χ4v) is 2.70. The number of halogens is 1. The Morgan fingerprint density at radius 1 is 0.857 bits per heavy atom. The standard InChI is InChI=1S/C22H19ClN2O3/c1-15(28-20-11-3-2-4-12-20)21(26)24-18-9-5-7-16(13-18)22(27)25-19-10-6-8-17(23)14-19/h2-15H,1H3,(H,24,26)(H,25,27). The second kappa shape index (κ2) is 9.06. The summed E-state index contributed by atoms with van der Waals surface area (Å²) in [6, 6.07) is 22.7. The van der Waals surface area contributed by atoms with Crippen molar-refractivity contribution < 1.29 is 14.3 Å². The fraction of sp³-hybridized carbons (Fsp3) is 0.0909. The fourth-order valence-electron chi connectivity index (χ4n) is 2.51. The van der Waals surface area contributed by atoms with Gasteiger partial charge in [-0.1, -0.05) is 41.9 Å². The summed E-state index contributed by atoms with van der Waals surface area (Å²) in [4.78, 5) is 24.8. The Kier molecular flexibility index (Phi) is 6.29. The number of rotatable bonds is 6. The summed E-state index contributed by atoms with van der Waals surface area (Å²) in [5.41, 5.74) is 1.51. The lowest BCUT2D eigenvalue weighted by atomic mass is 10.1. The van der Waals surface area contributed by atoms with Crippen molar-refractivity contribution in [2.45, 2.75) is 13.0 Å². The monoisotopic (exact) mass is 394 g/mol. The highest BCUT2D eigenvalue weighted by atomic mass is 35.5. The molecule has 0 aliphatic heterocycles. The zero-order valence-corrected chi connectivity index (χ0v) is 15.9. The zero-order valence-electron chi connectivity index (χ0n) is 15.2. The van der Waals surface area contributed by atoms with E-state index < -0.39 is 6.10 Å². The van der Waals surface area contributed by atoms with E-state index in [9.17, 15) is 9.59 Å². The molecule has 1 unspecified atom stereocenters. The van der Waals surface area contributed by atoms with Crippen LogP contribution in [0, 0.1) is 0 Å². The van der Waals surface area contributed by atoms with Crippen molar-refractivity contribution in [2.75, 3.05) is 10.6 Å². The third-order valence-electron chi connectivity index (χ3n) is 3.90. The summed E-state index contributed by atoms with van der Waals surface area (Å²) in [5.74, 6) is 0.00278. The van der Waals surface area contributed by atoms with E-state index in [-0.39, 0.29) is 11.8 Å². The van der Waals surface area contributed by atoms with Gasteiger partial charge in [0.05, 0.1) is 0 Å². The highest BCUT2D eigenvalue weighted by Gasteiger charge is 2.15. The molecule has 1 atom stereocenters. The molecule has 3 aromatic carbocycles. The first-order valence-electron chi connectivity index (χ1n) is 8.71. The van der Waals surface area contributed by atoms with Crippen molar-refractivity contribution in [1.29, 1.82) is 0 Å². The molecule has 0 spiro atoms. The van der Waals surface area contributed by atoms with Crippen LogP contribution in [0.2, 0.25) is 5.02 Å². The maximum atomic E-state index is 12.4. The second-order valence-corrected chi connectivity index (χ2v) is 6.54.